The zero-order chi connectivity index (χ0) is 13.5. The van der Waals surface area contributed by atoms with Crippen LogP contribution in [0.4, 0.5) is 0 Å². The van der Waals surface area contributed by atoms with Crippen LogP contribution in [0.15, 0.2) is 23.1 Å². The lowest BCUT2D eigenvalue weighted by atomic mass is 10.3. The molecule has 1 atom stereocenters. The molecule has 0 bridgehead atoms. The maximum absolute atomic E-state index is 11.3. The van der Waals surface area contributed by atoms with Crippen molar-refractivity contribution < 1.29 is 13.2 Å². The Kier molecular flexibility index (Phi) is 3.08. The fraction of sp³-hybridized carbons (Fsp3) is 0.364. The van der Waals surface area contributed by atoms with Crippen molar-refractivity contribution in [3.63, 3.8) is 0 Å². The highest BCUT2D eigenvalue weighted by molar-refractivity contribution is 7.94. The molecular formula is C11H13N3O3S2. The van der Waals surface area contributed by atoms with Crippen LogP contribution in [0.2, 0.25) is 0 Å². The van der Waals surface area contributed by atoms with Gasteiger partial charge in [-0.15, -0.1) is 11.3 Å². The average molecular weight is 299 g/mol. The molecule has 1 N–H and O–H groups in total. The first-order valence-corrected chi connectivity index (χ1v) is 8.31. The van der Waals surface area contributed by atoms with E-state index in [4.69, 9.17) is 4.74 Å². The van der Waals surface area contributed by atoms with E-state index in [-0.39, 0.29) is 11.8 Å². The van der Waals surface area contributed by atoms with Gasteiger partial charge in [0.15, 0.2) is 14.8 Å². The van der Waals surface area contributed by atoms with Gasteiger partial charge in [-0.25, -0.2) is 8.42 Å². The van der Waals surface area contributed by atoms with Gasteiger partial charge in [-0.05, 0) is 0 Å². The number of rotatable bonds is 4. The van der Waals surface area contributed by atoms with Gasteiger partial charge < -0.3 is 10.1 Å². The molecule has 0 radical (unpaired) electrons. The van der Waals surface area contributed by atoms with E-state index in [0.717, 1.165) is 10.7 Å². The molecule has 2 aromatic heterocycles. The number of nitrogens with zero attached hydrogens (tertiary/aromatic N) is 2. The highest BCUT2D eigenvalue weighted by Gasteiger charge is 2.22. The van der Waals surface area contributed by atoms with E-state index < -0.39 is 9.84 Å². The molecule has 0 fully saturated rings. The number of aromatic nitrogens is 2. The van der Waals surface area contributed by atoms with Gasteiger partial charge in [0.25, 0.3) is 0 Å². The zero-order valence-corrected chi connectivity index (χ0v) is 11.9. The van der Waals surface area contributed by atoms with Gasteiger partial charge in [0, 0.05) is 29.6 Å². The first kappa shape index (κ1) is 12.6. The van der Waals surface area contributed by atoms with Crippen LogP contribution in [0, 0.1) is 0 Å². The molecule has 3 heterocycles. The molecule has 2 aromatic rings. The van der Waals surface area contributed by atoms with Crippen molar-refractivity contribution in [3.8, 4) is 5.88 Å². The van der Waals surface area contributed by atoms with Crippen LogP contribution in [-0.4, -0.2) is 36.7 Å². The van der Waals surface area contributed by atoms with E-state index in [9.17, 15) is 8.42 Å². The zero-order valence-electron chi connectivity index (χ0n) is 10.2. The lowest BCUT2D eigenvalue weighted by molar-refractivity contribution is 0.392. The Balaban J connectivity index is 1.78. The van der Waals surface area contributed by atoms with E-state index in [1.54, 1.807) is 13.2 Å². The summed E-state index contributed by atoms with van der Waals surface area (Å²) in [5.41, 5.74) is 0.899. The van der Waals surface area contributed by atoms with E-state index in [0.29, 0.717) is 12.4 Å². The number of hydrogen-bond acceptors (Lipinski definition) is 6. The summed E-state index contributed by atoms with van der Waals surface area (Å²) in [7, 11) is -1.45. The smallest absolute Gasteiger partial charge is 0.237 e. The minimum absolute atomic E-state index is 0.112. The van der Waals surface area contributed by atoms with Crippen molar-refractivity contribution in [1.29, 1.82) is 0 Å². The van der Waals surface area contributed by atoms with Crippen LogP contribution in [-0.2, 0) is 16.4 Å². The monoisotopic (exact) mass is 299 g/mol. The maximum Gasteiger partial charge on any atom is 0.237 e. The van der Waals surface area contributed by atoms with E-state index in [1.807, 2.05) is 16.0 Å². The van der Waals surface area contributed by atoms with Gasteiger partial charge in [0.2, 0.25) is 5.88 Å². The third-order valence-electron chi connectivity index (χ3n) is 2.98. The van der Waals surface area contributed by atoms with Gasteiger partial charge in [-0.3, -0.25) is 4.40 Å². The van der Waals surface area contributed by atoms with E-state index >= 15 is 0 Å². The first-order chi connectivity index (χ1) is 9.09. The number of methoxy groups -OCH3 is 1. The van der Waals surface area contributed by atoms with Crippen molar-refractivity contribution in [1.82, 2.24) is 14.7 Å². The quantitative estimate of drug-likeness (QED) is 0.904. The lowest BCUT2D eigenvalue weighted by Gasteiger charge is -2.09. The SMILES string of the molecule is COc1nc2sccn2c1CNC1C=CS(=O)(=O)C1. The number of fused-ring (bicyclic) bond motifs is 1. The molecule has 0 saturated heterocycles. The van der Waals surface area contributed by atoms with Crippen LogP contribution in [0.25, 0.3) is 4.96 Å². The second-order valence-electron chi connectivity index (χ2n) is 4.27. The van der Waals surface area contributed by atoms with Crippen molar-refractivity contribution in [2.75, 3.05) is 12.9 Å². The van der Waals surface area contributed by atoms with Crippen molar-refractivity contribution in [2.24, 2.45) is 0 Å². The summed E-state index contributed by atoms with van der Waals surface area (Å²) in [5, 5.41) is 6.41. The summed E-state index contributed by atoms with van der Waals surface area (Å²) in [4.78, 5) is 5.21. The van der Waals surface area contributed by atoms with Crippen molar-refractivity contribution in [2.45, 2.75) is 12.6 Å². The molecule has 1 unspecified atom stereocenters. The molecule has 0 aliphatic carbocycles. The third-order valence-corrected chi connectivity index (χ3v) is 5.13. The Morgan fingerprint density at radius 2 is 2.47 bits per heavy atom. The Morgan fingerprint density at radius 3 is 3.16 bits per heavy atom. The third kappa shape index (κ3) is 2.38. The summed E-state index contributed by atoms with van der Waals surface area (Å²) in [6.07, 6.45) is 3.60. The fourth-order valence-corrected chi connectivity index (χ4v) is 4.06. The molecular weight excluding hydrogens is 286 g/mol. The van der Waals surface area contributed by atoms with Crippen LogP contribution in [0.1, 0.15) is 5.69 Å². The largest absolute Gasteiger partial charge is 0.480 e. The predicted molar refractivity (Wildman–Crippen MR) is 73.2 cm³/mol. The Labute approximate surface area is 114 Å². The maximum atomic E-state index is 11.3. The van der Waals surface area contributed by atoms with Gasteiger partial charge in [-0.1, -0.05) is 6.08 Å². The molecule has 0 spiro atoms. The molecule has 0 aromatic carbocycles. The number of hydrogen-bond donors (Lipinski definition) is 1. The average Bonchev–Trinajstić information content (AvgIpc) is 3.00. The lowest BCUT2D eigenvalue weighted by Crippen LogP contribution is -2.30. The van der Waals surface area contributed by atoms with Crippen LogP contribution in [0.5, 0.6) is 5.88 Å². The summed E-state index contributed by atoms with van der Waals surface area (Å²) in [5.74, 6) is 0.685. The molecule has 1 aliphatic rings. The molecule has 0 saturated carbocycles. The second-order valence-corrected chi connectivity index (χ2v) is 7.07. The number of ether oxygens (including phenoxy) is 1. The highest BCUT2D eigenvalue weighted by Crippen LogP contribution is 2.23. The summed E-state index contributed by atoms with van der Waals surface area (Å²) in [6, 6.07) is -0.154. The number of thiazole rings is 1. The second kappa shape index (κ2) is 4.62. The van der Waals surface area contributed by atoms with E-state index in [2.05, 4.69) is 10.3 Å². The van der Waals surface area contributed by atoms with Gasteiger partial charge >= 0.3 is 0 Å². The highest BCUT2D eigenvalue weighted by atomic mass is 32.2. The van der Waals surface area contributed by atoms with E-state index in [1.165, 1.54) is 16.7 Å². The van der Waals surface area contributed by atoms with Gasteiger partial charge in [0.1, 0.15) is 5.69 Å². The molecule has 0 amide bonds. The Morgan fingerprint density at radius 1 is 1.63 bits per heavy atom. The van der Waals surface area contributed by atoms with Crippen molar-refractivity contribution in [3.05, 3.63) is 28.8 Å². The Bertz CT molecular complexity index is 730. The number of nitrogens with one attached hydrogen (secondary N) is 1. The molecule has 3 rings (SSSR count). The fourth-order valence-electron chi connectivity index (χ4n) is 2.07. The number of sulfone groups is 1. The molecule has 102 valence electrons. The molecule has 8 heteroatoms. The molecule has 1 aliphatic heterocycles. The predicted octanol–water partition coefficient (Wildman–Crippen LogP) is 0.805. The summed E-state index contributed by atoms with van der Waals surface area (Å²) in [6.45, 7) is 0.506. The summed E-state index contributed by atoms with van der Waals surface area (Å²) >= 11 is 1.53. The Hall–Kier alpha value is -1.38. The van der Waals surface area contributed by atoms with Crippen LogP contribution >= 0.6 is 11.3 Å². The summed E-state index contributed by atoms with van der Waals surface area (Å²) < 4.78 is 29.8. The van der Waals surface area contributed by atoms with Crippen LogP contribution < -0.4 is 10.1 Å². The minimum atomic E-state index is -3.03. The number of imidazole rings is 1. The van der Waals surface area contributed by atoms with Gasteiger partial charge in [0.05, 0.1) is 12.9 Å². The van der Waals surface area contributed by atoms with Gasteiger partial charge in [-0.2, -0.15) is 4.98 Å². The standard InChI is InChI=1S/C11H13N3O3S2/c1-17-10-9(14-3-4-18-11(14)13-10)6-12-8-2-5-19(15,16)7-8/h2-5,8,12H,6-7H2,1H3. The minimum Gasteiger partial charge on any atom is -0.480 e. The molecule has 6 nitrogen and oxygen atoms in total. The first-order valence-electron chi connectivity index (χ1n) is 5.72. The topological polar surface area (TPSA) is 72.7 Å². The van der Waals surface area contributed by atoms with Crippen molar-refractivity contribution >= 4 is 26.1 Å². The molecule has 19 heavy (non-hydrogen) atoms. The van der Waals surface area contributed by atoms with Crippen LogP contribution in [0.3, 0.4) is 0 Å². The normalized spacial score (nSPS) is 21.2.